The lowest BCUT2D eigenvalue weighted by atomic mass is 10.3. The molecule has 0 aliphatic rings. The second-order valence-corrected chi connectivity index (χ2v) is 3.22. The van der Waals surface area contributed by atoms with Crippen molar-refractivity contribution in [3.63, 3.8) is 0 Å². The van der Waals surface area contributed by atoms with Gasteiger partial charge in [0, 0.05) is 7.11 Å². The van der Waals surface area contributed by atoms with Gasteiger partial charge in [-0.15, -0.1) is 5.10 Å². The minimum atomic E-state index is -0.697. The van der Waals surface area contributed by atoms with Gasteiger partial charge in [-0.1, -0.05) is 17.3 Å². The first-order valence-electron chi connectivity index (χ1n) is 4.57. The minimum Gasteiger partial charge on any atom is -0.353 e. The second-order valence-electron chi connectivity index (χ2n) is 3.22. The number of benzene rings is 1. The van der Waals surface area contributed by atoms with Gasteiger partial charge < -0.3 is 4.74 Å². The lowest BCUT2D eigenvalue weighted by Crippen LogP contribution is -2.20. The maximum Gasteiger partial charge on any atom is 0.210 e. The van der Waals surface area contributed by atoms with E-state index in [4.69, 9.17) is 4.74 Å². The van der Waals surface area contributed by atoms with Crippen LogP contribution in [0.25, 0.3) is 11.0 Å². The Labute approximate surface area is 86.6 Å². The van der Waals surface area contributed by atoms with Crippen LogP contribution < -0.4 is 0 Å². The zero-order valence-corrected chi connectivity index (χ0v) is 8.54. The summed E-state index contributed by atoms with van der Waals surface area (Å²) < 4.78 is 6.56. The Kier molecular flexibility index (Phi) is 2.47. The highest BCUT2D eigenvalue weighted by atomic mass is 16.5. The summed E-state index contributed by atoms with van der Waals surface area (Å²) in [4.78, 5) is 11.3. The first-order chi connectivity index (χ1) is 7.24. The monoisotopic (exact) mass is 205 g/mol. The van der Waals surface area contributed by atoms with Crippen LogP contribution in [0, 0.1) is 0 Å². The fraction of sp³-hybridized carbons (Fsp3) is 0.300. The Morgan fingerprint density at radius 3 is 2.87 bits per heavy atom. The SMILES string of the molecule is CO[C@H](C(C)=O)n1nnc2ccccc21. The Hall–Kier alpha value is -1.75. The summed E-state index contributed by atoms with van der Waals surface area (Å²) in [5.74, 6) is -0.104. The third kappa shape index (κ3) is 1.61. The van der Waals surface area contributed by atoms with Crippen LogP contribution in [-0.2, 0) is 9.53 Å². The molecule has 1 aromatic carbocycles. The quantitative estimate of drug-likeness (QED) is 0.754. The van der Waals surface area contributed by atoms with Crippen molar-refractivity contribution in [3.05, 3.63) is 24.3 Å². The molecule has 0 saturated carbocycles. The van der Waals surface area contributed by atoms with Crippen LogP contribution in [-0.4, -0.2) is 27.9 Å². The van der Waals surface area contributed by atoms with Crippen molar-refractivity contribution in [1.29, 1.82) is 0 Å². The lowest BCUT2D eigenvalue weighted by molar-refractivity contribution is -0.132. The molecule has 0 saturated heterocycles. The van der Waals surface area contributed by atoms with Crippen LogP contribution in [0.3, 0.4) is 0 Å². The number of fused-ring (bicyclic) bond motifs is 1. The van der Waals surface area contributed by atoms with Gasteiger partial charge in [0.2, 0.25) is 6.23 Å². The molecule has 5 heteroatoms. The van der Waals surface area contributed by atoms with Gasteiger partial charge in [-0.05, 0) is 19.1 Å². The minimum absolute atomic E-state index is 0.104. The number of rotatable bonds is 3. The summed E-state index contributed by atoms with van der Waals surface area (Å²) in [6.45, 7) is 1.46. The van der Waals surface area contributed by atoms with Crippen molar-refractivity contribution < 1.29 is 9.53 Å². The molecule has 1 heterocycles. The predicted molar refractivity (Wildman–Crippen MR) is 54.3 cm³/mol. The Bertz CT molecular complexity index is 492. The van der Waals surface area contributed by atoms with E-state index < -0.39 is 6.23 Å². The van der Waals surface area contributed by atoms with E-state index in [-0.39, 0.29) is 5.78 Å². The number of methoxy groups -OCH3 is 1. The van der Waals surface area contributed by atoms with Crippen LogP contribution in [0.15, 0.2) is 24.3 Å². The highest BCUT2D eigenvalue weighted by molar-refractivity contribution is 5.81. The van der Waals surface area contributed by atoms with E-state index in [1.54, 1.807) is 0 Å². The first-order valence-corrected chi connectivity index (χ1v) is 4.57. The molecule has 15 heavy (non-hydrogen) atoms. The van der Waals surface area contributed by atoms with Crippen LogP contribution in [0.5, 0.6) is 0 Å². The van der Waals surface area contributed by atoms with Crippen LogP contribution in [0.1, 0.15) is 13.2 Å². The number of nitrogens with zero attached hydrogens (tertiary/aromatic N) is 3. The third-order valence-corrected chi connectivity index (χ3v) is 2.17. The highest BCUT2D eigenvalue weighted by Crippen LogP contribution is 2.16. The lowest BCUT2D eigenvalue weighted by Gasteiger charge is -2.11. The highest BCUT2D eigenvalue weighted by Gasteiger charge is 2.18. The van der Waals surface area contributed by atoms with E-state index in [2.05, 4.69) is 10.3 Å². The van der Waals surface area contributed by atoms with Gasteiger partial charge in [-0.3, -0.25) is 4.79 Å². The molecule has 1 aromatic heterocycles. The fourth-order valence-corrected chi connectivity index (χ4v) is 1.50. The summed E-state index contributed by atoms with van der Waals surface area (Å²) in [6.07, 6.45) is -0.697. The summed E-state index contributed by atoms with van der Waals surface area (Å²) in [7, 11) is 1.47. The number of ketones is 1. The summed E-state index contributed by atoms with van der Waals surface area (Å²) in [5, 5.41) is 7.86. The molecule has 0 radical (unpaired) electrons. The molecule has 0 amide bonds. The average molecular weight is 205 g/mol. The Morgan fingerprint density at radius 2 is 2.20 bits per heavy atom. The summed E-state index contributed by atoms with van der Waals surface area (Å²) in [5.41, 5.74) is 1.54. The number of Topliss-reactive ketones (excluding diaryl/α,β-unsaturated/α-hetero) is 1. The standard InChI is InChI=1S/C10H11N3O2/c1-7(14)10(15-2)13-9-6-4-3-5-8(9)11-12-13/h3-6,10H,1-2H3/t10-/m1/s1. The number of para-hydroxylation sites is 1. The van der Waals surface area contributed by atoms with Crippen molar-refractivity contribution in [2.75, 3.05) is 7.11 Å². The van der Waals surface area contributed by atoms with Crippen LogP contribution >= 0.6 is 0 Å². The maximum absolute atomic E-state index is 11.3. The zero-order valence-electron chi connectivity index (χ0n) is 8.54. The summed E-state index contributed by atoms with van der Waals surface area (Å²) in [6, 6.07) is 7.43. The number of carbonyl (C=O) groups excluding carboxylic acids is 1. The van der Waals surface area contributed by atoms with Gasteiger partial charge in [0.1, 0.15) is 5.52 Å². The van der Waals surface area contributed by atoms with Crippen molar-refractivity contribution in [2.24, 2.45) is 0 Å². The molecular formula is C10H11N3O2. The first kappa shape index (κ1) is 9.79. The van der Waals surface area contributed by atoms with Crippen molar-refractivity contribution in [1.82, 2.24) is 15.0 Å². The molecule has 0 N–H and O–H groups in total. The molecule has 0 aliphatic heterocycles. The number of hydrogen-bond acceptors (Lipinski definition) is 4. The average Bonchev–Trinajstić information content (AvgIpc) is 2.63. The van der Waals surface area contributed by atoms with E-state index in [0.717, 1.165) is 11.0 Å². The Balaban J connectivity index is 2.55. The molecule has 0 fully saturated rings. The zero-order chi connectivity index (χ0) is 10.8. The van der Waals surface area contributed by atoms with Crippen molar-refractivity contribution >= 4 is 16.8 Å². The van der Waals surface area contributed by atoms with Gasteiger partial charge in [0.05, 0.1) is 5.52 Å². The summed E-state index contributed by atoms with van der Waals surface area (Å²) >= 11 is 0. The van der Waals surface area contributed by atoms with Crippen molar-refractivity contribution in [3.8, 4) is 0 Å². The molecule has 0 spiro atoms. The van der Waals surface area contributed by atoms with Gasteiger partial charge in [-0.25, -0.2) is 4.68 Å². The maximum atomic E-state index is 11.3. The van der Waals surface area contributed by atoms with Crippen LogP contribution in [0.2, 0.25) is 0 Å². The number of carbonyl (C=O) groups is 1. The second kappa shape index (κ2) is 3.78. The normalized spacial score (nSPS) is 12.9. The van der Waals surface area contributed by atoms with E-state index in [1.165, 1.54) is 18.7 Å². The third-order valence-electron chi connectivity index (χ3n) is 2.17. The largest absolute Gasteiger partial charge is 0.353 e. The van der Waals surface area contributed by atoms with Gasteiger partial charge in [0.15, 0.2) is 5.78 Å². The molecule has 78 valence electrons. The van der Waals surface area contributed by atoms with Crippen molar-refractivity contribution in [2.45, 2.75) is 13.2 Å². The van der Waals surface area contributed by atoms with Gasteiger partial charge in [-0.2, -0.15) is 0 Å². The Morgan fingerprint density at radius 1 is 1.47 bits per heavy atom. The molecule has 1 atom stereocenters. The molecule has 0 bridgehead atoms. The van der Waals surface area contributed by atoms with E-state index >= 15 is 0 Å². The van der Waals surface area contributed by atoms with E-state index in [1.807, 2.05) is 24.3 Å². The number of ether oxygens (including phenoxy) is 1. The van der Waals surface area contributed by atoms with Crippen LogP contribution in [0.4, 0.5) is 0 Å². The molecule has 0 unspecified atom stereocenters. The number of hydrogen-bond donors (Lipinski definition) is 0. The van der Waals surface area contributed by atoms with Gasteiger partial charge in [0.25, 0.3) is 0 Å². The molecular weight excluding hydrogens is 194 g/mol. The van der Waals surface area contributed by atoms with Gasteiger partial charge >= 0.3 is 0 Å². The predicted octanol–water partition coefficient (Wildman–Crippen LogP) is 1.17. The molecule has 2 aromatic rings. The topological polar surface area (TPSA) is 57.0 Å². The van der Waals surface area contributed by atoms with E-state index in [9.17, 15) is 4.79 Å². The molecule has 0 aliphatic carbocycles. The molecule has 5 nitrogen and oxygen atoms in total. The number of aromatic nitrogens is 3. The fourth-order valence-electron chi connectivity index (χ4n) is 1.50. The molecule has 2 rings (SSSR count). The van der Waals surface area contributed by atoms with E-state index in [0.29, 0.717) is 0 Å². The smallest absolute Gasteiger partial charge is 0.210 e.